The van der Waals surface area contributed by atoms with Gasteiger partial charge in [0.05, 0.1) is 5.92 Å². The quantitative estimate of drug-likeness (QED) is 0.602. The van der Waals surface area contributed by atoms with E-state index in [1.54, 1.807) is 0 Å². The van der Waals surface area contributed by atoms with Crippen molar-refractivity contribution in [2.24, 2.45) is 5.92 Å². The summed E-state index contributed by atoms with van der Waals surface area (Å²) in [5.74, 6) is 0.372. The zero-order chi connectivity index (χ0) is 9.19. The minimum atomic E-state index is -0.0975. The molecule has 1 atom stereocenters. The van der Waals surface area contributed by atoms with Crippen molar-refractivity contribution in [2.75, 3.05) is 13.1 Å². The lowest BCUT2D eigenvalue weighted by atomic mass is 10.0. The van der Waals surface area contributed by atoms with Crippen molar-refractivity contribution in [3.05, 3.63) is 0 Å². The van der Waals surface area contributed by atoms with Gasteiger partial charge in [0.15, 0.2) is 0 Å². The topological polar surface area (TPSA) is 41.1 Å². The van der Waals surface area contributed by atoms with Crippen LogP contribution >= 0.6 is 0 Å². The van der Waals surface area contributed by atoms with Gasteiger partial charge in [-0.15, -0.1) is 0 Å². The maximum atomic E-state index is 11.5. The molecule has 0 radical (unpaired) electrons. The van der Waals surface area contributed by atoms with Crippen molar-refractivity contribution >= 4 is 5.91 Å². The van der Waals surface area contributed by atoms with Crippen molar-refractivity contribution in [3.8, 4) is 0 Å². The maximum Gasteiger partial charge on any atom is 0.224 e. The van der Waals surface area contributed by atoms with Crippen LogP contribution < -0.4 is 10.6 Å². The third kappa shape index (κ3) is 2.81. The Morgan fingerprint density at radius 3 is 2.58 bits per heavy atom. The molecule has 1 saturated heterocycles. The number of nitrogens with one attached hydrogen (secondary N) is 2. The second-order valence-corrected chi connectivity index (χ2v) is 4.43. The predicted octanol–water partition coefficient (Wildman–Crippen LogP) is 0.511. The SMILES string of the molecule is CC(C)(C)NC(=O)[C@H]1CCNC1. The third-order valence-electron chi connectivity index (χ3n) is 1.93. The molecule has 70 valence electrons. The van der Waals surface area contributed by atoms with Gasteiger partial charge in [-0.2, -0.15) is 0 Å². The van der Waals surface area contributed by atoms with Gasteiger partial charge in [0.1, 0.15) is 0 Å². The number of hydrogen-bond donors (Lipinski definition) is 2. The minimum Gasteiger partial charge on any atom is -0.351 e. The van der Waals surface area contributed by atoms with Gasteiger partial charge >= 0.3 is 0 Å². The fourth-order valence-corrected chi connectivity index (χ4v) is 1.35. The highest BCUT2D eigenvalue weighted by Gasteiger charge is 2.25. The first kappa shape index (κ1) is 9.52. The van der Waals surface area contributed by atoms with Crippen LogP contribution in [0.1, 0.15) is 27.2 Å². The summed E-state index contributed by atoms with van der Waals surface area (Å²) in [5.41, 5.74) is -0.0975. The van der Waals surface area contributed by atoms with E-state index in [0.29, 0.717) is 0 Å². The van der Waals surface area contributed by atoms with Gasteiger partial charge in [0, 0.05) is 12.1 Å². The molecule has 1 amide bonds. The van der Waals surface area contributed by atoms with Crippen LogP contribution in [-0.4, -0.2) is 24.5 Å². The standard InChI is InChI=1S/C9H18N2O/c1-9(2,3)11-8(12)7-4-5-10-6-7/h7,10H,4-6H2,1-3H3,(H,11,12)/t7-/m0/s1. The molecule has 1 rings (SSSR count). The summed E-state index contributed by atoms with van der Waals surface area (Å²) < 4.78 is 0. The Kier molecular flexibility index (Phi) is 2.73. The van der Waals surface area contributed by atoms with Crippen LogP contribution in [0.2, 0.25) is 0 Å². The molecule has 2 N–H and O–H groups in total. The van der Waals surface area contributed by atoms with Gasteiger partial charge in [0.2, 0.25) is 5.91 Å². The molecule has 0 aromatic heterocycles. The van der Waals surface area contributed by atoms with Crippen molar-refractivity contribution in [1.82, 2.24) is 10.6 Å². The largest absolute Gasteiger partial charge is 0.351 e. The molecule has 0 bridgehead atoms. The number of carbonyl (C=O) groups excluding carboxylic acids is 1. The zero-order valence-electron chi connectivity index (χ0n) is 8.11. The number of hydrogen-bond acceptors (Lipinski definition) is 2. The van der Waals surface area contributed by atoms with Crippen LogP contribution in [0.15, 0.2) is 0 Å². The van der Waals surface area contributed by atoms with Crippen LogP contribution in [0.4, 0.5) is 0 Å². The second kappa shape index (κ2) is 3.44. The second-order valence-electron chi connectivity index (χ2n) is 4.43. The van der Waals surface area contributed by atoms with Crippen molar-refractivity contribution in [3.63, 3.8) is 0 Å². The molecular weight excluding hydrogens is 152 g/mol. The summed E-state index contributed by atoms with van der Waals surface area (Å²) in [4.78, 5) is 11.5. The summed E-state index contributed by atoms with van der Waals surface area (Å²) >= 11 is 0. The predicted molar refractivity (Wildman–Crippen MR) is 48.9 cm³/mol. The van der Waals surface area contributed by atoms with E-state index in [9.17, 15) is 4.79 Å². The molecule has 1 aliphatic heterocycles. The molecule has 3 nitrogen and oxygen atoms in total. The highest BCUT2D eigenvalue weighted by molar-refractivity contribution is 5.79. The Morgan fingerprint density at radius 1 is 1.50 bits per heavy atom. The molecule has 0 unspecified atom stereocenters. The van der Waals surface area contributed by atoms with E-state index in [1.807, 2.05) is 20.8 Å². The van der Waals surface area contributed by atoms with Gasteiger partial charge in [-0.05, 0) is 33.7 Å². The van der Waals surface area contributed by atoms with Gasteiger partial charge in [-0.25, -0.2) is 0 Å². The minimum absolute atomic E-state index is 0.0975. The molecule has 0 aliphatic carbocycles. The van der Waals surface area contributed by atoms with Gasteiger partial charge < -0.3 is 10.6 Å². The molecule has 0 saturated carbocycles. The fourth-order valence-electron chi connectivity index (χ4n) is 1.35. The van der Waals surface area contributed by atoms with Crippen LogP contribution in [0, 0.1) is 5.92 Å². The van der Waals surface area contributed by atoms with Gasteiger partial charge in [0.25, 0.3) is 0 Å². The van der Waals surface area contributed by atoms with Crippen LogP contribution in [0.3, 0.4) is 0 Å². The zero-order valence-corrected chi connectivity index (χ0v) is 8.11. The highest BCUT2D eigenvalue weighted by Crippen LogP contribution is 2.09. The summed E-state index contributed by atoms with van der Waals surface area (Å²) in [6.07, 6.45) is 0.974. The van der Waals surface area contributed by atoms with E-state index in [2.05, 4.69) is 10.6 Å². The average Bonchev–Trinajstić information content (AvgIpc) is 2.32. The monoisotopic (exact) mass is 170 g/mol. The molecule has 3 heteroatoms. The van der Waals surface area contributed by atoms with E-state index < -0.39 is 0 Å². The molecule has 0 aromatic rings. The summed E-state index contributed by atoms with van der Waals surface area (Å²) in [5, 5.41) is 6.16. The molecule has 0 aromatic carbocycles. The molecule has 1 fully saturated rings. The Labute approximate surface area is 73.9 Å². The number of amides is 1. The Balaban J connectivity index is 2.37. The summed E-state index contributed by atoms with van der Waals surface area (Å²) in [6.45, 7) is 7.83. The van der Waals surface area contributed by atoms with E-state index in [1.165, 1.54) is 0 Å². The highest BCUT2D eigenvalue weighted by atomic mass is 16.2. The molecular formula is C9H18N2O. The van der Waals surface area contributed by atoms with E-state index in [4.69, 9.17) is 0 Å². The van der Waals surface area contributed by atoms with Crippen molar-refractivity contribution in [1.29, 1.82) is 0 Å². The van der Waals surface area contributed by atoms with Gasteiger partial charge in [-0.1, -0.05) is 0 Å². The Bertz CT molecular complexity index is 166. The van der Waals surface area contributed by atoms with Crippen LogP contribution in [0.25, 0.3) is 0 Å². The van der Waals surface area contributed by atoms with Crippen molar-refractivity contribution < 1.29 is 4.79 Å². The normalized spacial score (nSPS) is 24.1. The molecule has 1 heterocycles. The van der Waals surface area contributed by atoms with E-state index in [0.717, 1.165) is 19.5 Å². The summed E-state index contributed by atoms with van der Waals surface area (Å²) in [7, 11) is 0. The first-order valence-electron chi connectivity index (χ1n) is 4.52. The Morgan fingerprint density at radius 2 is 2.17 bits per heavy atom. The van der Waals surface area contributed by atoms with Crippen LogP contribution in [0.5, 0.6) is 0 Å². The Hall–Kier alpha value is -0.570. The summed E-state index contributed by atoms with van der Waals surface area (Å²) in [6, 6.07) is 0. The van der Waals surface area contributed by atoms with E-state index >= 15 is 0 Å². The third-order valence-corrected chi connectivity index (χ3v) is 1.93. The molecule has 12 heavy (non-hydrogen) atoms. The first-order chi connectivity index (χ1) is 5.49. The lowest BCUT2D eigenvalue weighted by Gasteiger charge is -2.22. The first-order valence-corrected chi connectivity index (χ1v) is 4.52. The van der Waals surface area contributed by atoms with E-state index in [-0.39, 0.29) is 17.4 Å². The number of rotatable bonds is 1. The smallest absolute Gasteiger partial charge is 0.224 e. The van der Waals surface area contributed by atoms with Gasteiger partial charge in [-0.3, -0.25) is 4.79 Å². The van der Waals surface area contributed by atoms with Crippen LogP contribution in [-0.2, 0) is 4.79 Å². The lowest BCUT2D eigenvalue weighted by molar-refractivity contribution is -0.125. The fraction of sp³-hybridized carbons (Fsp3) is 0.889. The van der Waals surface area contributed by atoms with Crippen molar-refractivity contribution in [2.45, 2.75) is 32.7 Å². The molecule has 0 spiro atoms. The molecule has 1 aliphatic rings. The number of carbonyl (C=O) groups is 1. The average molecular weight is 170 g/mol. The lowest BCUT2D eigenvalue weighted by Crippen LogP contribution is -2.44. The maximum absolute atomic E-state index is 11.5.